The zero-order valence-corrected chi connectivity index (χ0v) is 26.1. The lowest BCUT2D eigenvalue weighted by Crippen LogP contribution is -2.07. The summed E-state index contributed by atoms with van der Waals surface area (Å²) < 4.78 is 106. The fraction of sp³-hybridized carbons (Fsp3) is 0.0606. The van der Waals surface area contributed by atoms with E-state index >= 15 is 0 Å². The minimum Gasteiger partial charge on any atom is -0.497 e. The Hall–Kier alpha value is -4.43. The van der Waals surface area contributed by atoms with Crippen molar-refractivity contribution in [3.8, 4) is 22.6 Å². The molecule has 5 aromatic rings. The maximum absolute atomic E-state index is 14.5. The first-order chi connectivity index (χ1) is 22.3. The molecule has 47 heavy (non-hydrogen) atoms. The van der Waals surface area contributed by atoms with Crippen molar-refractivity contribution in [1.82, 2.24) is 0 Å². The summed E-state index contributed by atoms with van der Waals surface area (Å²) in [5.74, 6) is -5.51. The number of hydrogen-bond donors (Lipinski definition) is 0. The van der Waals surface area contributed by atoms with E-state index in [-0.39, 0.29) is 10.7 Å². The molecule has 0 heterocycles. The van der Waals surface area contributed by atoms with Crippen LogP contribution in [-0.2, 0) is 0 Å². The highest BCUT2D eigenvalue weighted by atomic mass is 32.2. The Morgan fingerprint density at radius 1 is 0.638 bits per heavy atom. The van der Waals surface area contributed by atoms with E-state index in [1.165, 1.54) is 18.9 Å². The monoisotopic (exact) mass is 694 g/mol. The number of rotatable bonds is 9. The number of ether oxygens (including phenoxy) is 2. The standard InChI is InChI=1S/C33H22F4O3S2.BF4/c1-39-21-13-16-26(42-28-18-24(34)30(35)32(37)31(28)36)23(17-21)19-11-14-22(15-12-19)41-27-10-6-9-25(40-2)29(27)33(38)20-7-4-3-5-8-20;2-1(3,4)5/h3-18H,1-2H3;/q;-1/p+1. The molecule has 5 rings (SSSR count). The van der Waals surface area contributed by atoms with Crippen LogP contribution in [0.2, 0.25) is 0 Å². The molecule has 5 aromatic carbocycles. The highest BCUT2D eigenvalue weighted by molar-refractivity contribution is 7.99. The van der Waals surface area contributed by atoms with Gasteiger partial charge in [-0.2, -0.15) is 0 Å². The van der Waals surface area contributed by atoms with Crippen molar-refractivity contribution in [3.05, 3.63) is 131 Å². The molecule has 0 atom stereocenters. The van der Waals surface area contributed by atoms with Gasteiger partial charge in [0.1, 0.15) is 17.1 Å². The van der Waals surface area contributed by atoms with E-state index in [1.54, 1.807) is 31.4 Å². The fourth-order valence-corrected chi connectivity index (χ4v) is 6.24. The second-order valence-corrected chi connectivity index (χ2v) is 11.6. The molecule has 0 radical (unpaired) electrons. The highest BCUT2D eigenvalue weighted by Crippen LogP contribution is 2.42. The van der Waals surface area contributed by atoms with Gasteiger partial charge in [0.05, 0.1) is 24.7 Å². The summed E-state index contributed by atoms with van der Waals surface area (Å²) in [6, 6.07) is 27.8. The average Bonchev–Trinajstić information content (AvgIpc) is 3.06. The normalized spacial score (nSPS) is 11.0. The summed E-state index contributed by atoms with van der Waals surface area (Å²) >= 11 is 2.21. The number of hydrogen-bond acceptors (Lipinski definition) is 4. The van der Waals surface area contributed by atoms with Gasteiger partial charge in [-0.1, -0.05) is 59.9 Å². The van der Waals surface area contributed by atoms with Gasteiger partial charge in [0.25, 0.3) is 0 Å². The topological polar surface area (TPSA) is 39.9 Å². The number of halogens is 8. The predicted molar refractivity (Wildman–Crippen MR) is 168 cm³/mol. The molecule has 0 fully saturated rings. The summed E-state index contributed by atoms with van der Waals surface area (Å²) in [7, 11) is -2.95. The molecule has 0 aliphatic carbocycles. The molecule has 14 heteroatoms. The van der Waals surface area contributed by atoms with Crippen molar-refractivity contribution in [2.24, 2.45) is 0 Å². The van der Waals surface area contributed by atoms with E-state index in [1.807, 2.05) is 66.7 Å². The zero-order valence-electron chi connectivity index (χ0n) is 24.4. The summed E-state index contributed by atoms with van der Waals surface area (Å²) in [6.45, 7) is 0. The molecule has 244 valence electrons. The van der Waals surface area contributed by atoms with Crippen LogP contribution in [-0.4, -0.2) is 32.1 Å². The van der Waals surface area contributed by atoms with Gasteiger partial charge in [-0.25, -0.2) is 17.6 Å². The Labute approximate surface area is 273 Å². The van der Waals surface area contributed by atoms with Crippen LogP contribution >= 0.6 is 23.5 Å². The summed E-state index contributed by atoms with van der Waals surface area (Å²) in [4.78, 5) is 12.9. The summed E-state index contributed by atoms with van der Waals surface area (Å²) in [5.41, 5.74) is 2.57. The summed E-state index contributed by atoms with van der Waals surface area (Å²) in [6.07, 6.45) is 0. The van der Waals surface area contributed by atoms with Gasteiger partial charge < -0.3 is 26.7 Å². The van der Waals surface area contributed by atoms with Crippen LogP contribution in [0.1, 0.15) is 11.1 Å². The lowest BCUT2D eigenvalue weighted by Gasteiger charge is -2.14. The van der Waals surface area contributed by atoms with Crippen molar-refractivity contribution in [2.75, 3.05) is 14.2 Å². The third-order valence-electron chi connectivity index (χ3n) is 6.36. The fourth-order valence-electron chi connectivity index (χ4n) is 4.26. The van der Waals surface area contributed by atoms with Gasteiger partial charge in [-0.05, 0) is 71.8 Å². The van der Waals surface area contributed by atoms with E-state index in [2.05, 4.69) is 0 Å². The van der Waals surface area contributed by atoms with E-state index in [4.69, 9.17) is 9.47 Å². The number of benzene rings is 5. The second kappa shape index (κ2) is 15.4. The largest absolute Gasteiger partial charge is 0.673 e. The predicted octanol–water partition coefficient (Wildman–Crippen LogP) is 10.5. The quantitative estimate of drug-likeness (QED) is 0.0385. The van der Waals surface area contributed by atoms with Crippen LogP contribution in [0.5, 0.6) is 11.5 Å². The average molecular weight is 694 g/mol. The first kappa shape index (κ1) is 35.4. The number of methoxy groups -OCH3 is 2. The first-order valence-electron chi connectivity index (χ1n) is 13.4. The number of ketones is 1. The van der Waals surface area contributed by atoms with E-state index in [0.29, 0.717) is 39.2 Å². The Kier molecular flexibility index (Phi) is 11.6. The van der Waals surface area contributed by atoms with Crippen molar-refractivity contribution >= 4 is 36.6 Å². The van der Waals surface area contributed by atoms with Crippen LogP contribution < -0.4 is 9.47 Å². The summed E-state index contributed by atoms with van der Waals surface area (Å²) in [5, 5.41) is 0. The third-order valence-corrected chi connectivity index (χ3v) is 8.52. The maximum Gasteiger partial charge on any atom is 0.673 e. The molecule has 0 amide bonds. The minimum atomic E-state index is -6.00. The minimum absolute atomic E-state index is 0.0890. The molecule has 0 saturated carbocycles. The van der Waals surface area contributed by atoms with Gasteiger partial charge in [-0.15, -0.1) is 0 Å². The molecular formula is C33H23BF8O3S2. The van der Waals surface area contributed by atoms with Crippen LogP contribution in [0.3, 0.4) is 0 Å². The van der Waals surface area contributed by atoms with Crippen LogP contribution in [0, 0.1) is 23.3 Å². The van der Waals surface area contributed by atoms with Gasteiger partial charge in [0, 0.05) is 14.7 Å². The molecule has 0 aliphatic heterocycles. The van der Waals surface area contributed by atoms with E-state index < -0.39 is 30.5 Å². The van der Waals surface area contributed by atoms with Crippen LogP contribution in [0.15, 0.2) is 117 Å². The second-order valence-electron chi connectivity index (χ2n) is 9.43. The van der Waals surface area contributed by atoms with E-state index in [9.17, 15) is 39.6 Å². The molecule has 0 saturated heterocycles. The van der Waals surface area contributed by atoms with Crippen molar-refractivity contribution in [3.63, 3.8) is 0 Å². The molecule has 0 aliphatic rings. The van der Waals surface area contributed by atoms with Crippen molar-refractivity contribution < 1.29 is 49.1 Å². The molecule has 0 aromatic heterocycles. The van der Waals surface area contributed by atoms with Gasteiger partial charge in [0.15, 0.2) is 23.3 Å². The third kappa shape index (κ3) is 9.10. The van der Waals surface area contributed by atoms with Crippen LogP contribution in [0.4, 0.5) is 34.8 Å². The van der Waals surface area contributed by atoms with Gasteiger partial charge in [0.2, 0.25) is 0 Å². The van der Waals surface area contributed by atoms with Gasteiger partial charge in [-0.3, -0.25) is 4.79 Å². The van der Waals surface area contributed by atoms with E-state index in [0.717, 1.165) is 27.1 Å². The molecule has 0 bridgehead atoms. The van der Waals surface area contributed by atoms with Crippen molar-refractivity contribution in [2.45, 2.75) is 19.6 Å². The molecule has 1 N–H and O–H groups in total. The molecular weight excluding hydrogens is 671 g/mol. The molecule has 0 spiro atoms. The Morgan fingerprint density at radius 2 is 1.30 bits per heavy atom. The smallest absolute Gasteiger partial charge is 0.497 e. The maximum atomic E-state index is 14.5. The lowest BCUT2D eigenvalue weighted by atomic mass is 10.0. The molecule has 0 unspecified atom stereocenters. The SMILES string of the molecule is COc1ccc(Sc2cc(F)c(F)c(F)c2F)c(-c2ccc(Sc3cccc(OC)c3C(=[OH+])c3ccccc3)cc2)c1.F[B-](F)(F)F. The Balaban J connectivity index is 0.000000930. The Bertz CT molecular complexity index is 1870. The first-order valence-corrected chi connectivity index (χ1v) is 15.1. The number of carbonyl (C=O) groups excluding carboxylic acids is 1. The van der Waals surface area contributed by atoms with Crippen LogP contribution in [0.25, 0.3) is 11.1 Å². The molecule has 3 nitrogen and oxygen atoms in total. The highest BCUT2D eigenvalue weighted by Gasteiger charge is 2.25. The zero-order chi connectivity index (χ0) is 34.3. The lowest BCUT2D eigenvalue weighted by molar-refractivity contribution is 0.368. The van der Waals surface area contributed by atoms with Crippen molar-refractivity contribution in [1.29, 1.82) is 0 Å². The van der Waals surface area contributed by atoms with Gasteiger partial charge >= 0.3 is 13.0 Å². The Morgan fingerprint density at radius 3 is 1.91 bits per heavy atom.